The molecule has 0 N–H and O–H groups in total. The van der Waals surface area contributed by atoms with E-state index in [-0.39, 0.29) is 18.3 Å². The molecule has 0 fully saturated rings. The lowest BCUT2D eigenvalue weighted by atomic mass is 10.2. The average molecular weight is 450 g/mol. The van der Waals surface area contributed by atoms with Crippen molar-refractivity contribution in [1.29, 1.82) is 0 Å². The van der Waals surface area contributed by atoms with Crippen molar-refractivity contribution in [2.45, 2.75) is 6.54 Å². The predicted octanol–water partition coefficient (Wildman–Crippen LogP) is 5.14. The minimum atomic E-state index is -0.317. The second kappa shape index (κ2) is 8.01. The summed E-state index contributed by atoms with van der Waals surface area (Å²) in [4.78, 5) is 24.3. The molecule has 0 saturated heterocycles. The van der Waals surface area contributed by atoms with E-state index in [1.807, 2.05) is 37.5 Å². The molecule has 3 heterocycles. The number of amides is 1. The maximum Gasteiger partial charge on any atom is 0.279 e. The van der Waals surface area contributed by atoms with Gasteiger partial charge < -0.3 is 0 Å². The number of rotatable bonds is 5. The van der Waals surface area contributed by atoms with Gasteiger partial charge in [0.1, 0.15) is 16.5 Å². The summed E-state index contributed by atoms with van der Waals surface area (Å²) in [5, 5.41) is 7.21. The van der Waals surface area contributed by atoms with Gasteiger partial charge in [0.2, 0.25) is 0 Å². The molecule has 5 aromatic rings. The van der Waals surface area contributed by atoms with Crippen molar-refractivity contribution in [1.82, 2.24) is 19.7 Å². The standard InChI is InChI=1S/C22H16FN5OS2/c1-27-12-15(10-24-27)20-25-18(13-30-20)21(29)28(11-14-6-8-16(23)9-7-14)22-26-17-4-2-3-5-19(17)31-22/h2-10,12-13H,11H2,1H3. The number of hydrogen-bond acceptors (Lipinski definition) is 6. The predicted molar refractivity (Wildman–Crippen MR) is 121 cm³/mol. The molecule has 154 valence electrons. The number of nitrogens with zero attached hydrogens (tertiary/aromatic N) is 5. The topological polar surface area (TPSA) is 63.9 Å². The van der Waals surface area contributed by atoms with E-state index in [1.54, 1.807) is 33.3 Å². The summed E-state index contributed by atoms with van der Waals surface area (Å²) >= 11 is 2.83. The first kappa shape index (κ1) is 19.5. The zero-order valence-electron chi connectivity index (χ0n) is 16.4. The second-order valence-corrected chi connectivity index (χ2v) is 8.79. The summed E-state index contributed by atoms with van der Waals surface area (Å²) in [5.74, 6) is -0.572. The third kappa shape index (κ3) is 3.97. The van der Waals surface area contributed by atoms with Gasteiger partial charge in [0.05, 0.1) is 23.0 Å². The Morgan fingerprint density at radius 1 is 1.13 bits per heavy atom. The van der Waals surface area contributed by atoms with Crippen LogP contribution in [0.15, 0.2) is 66.3 Å². The number of anilines is 1. The molecule has 3 aromatic heterocycles. The van der Waals surface area contributed by atoms with Crippen molar-refractivity contribution in [2.24, 2.45) is 7.05 Å². The molecule has 0 aliphatic carbocycles. The molecular weight excluding hydrogens is 433 g/mol. The fraction of sp³-hybridized carbons (Fsp3) is 0.0909. The number of benzene rings is 2. The summed E-state index contributed by atoms with van der Waals surface area (Å²) in [6, 6.07) is 13.9. The molecule has 0 unspecified atom stereocenters. The minimum Gasteiger partial charge on any atom is -0.278 e. The highest BCUT2D eigenvalue weighted by Gasteiger charge is 2.24. The Morgan fingerprint density at radius 2 is 1.94 bits per heavy atom. The Labute approximate surface area is 185 Å². The quantitative estimate of drug-likeness (QED) is 0.373. The van der Waals surface area contributed by atoms with E-state index in [0.717, 1.165) is 26.4 Å². The van der Waals surface area contributed by atoms with Gasteiger partial charge >= 0.3 is 0 Å². The Morgan fingerprint density at radius 3 is 2.68 bits per heavy atom. The first-order chi connectivity index (χ1) is 15.1. The van der Waals surface area contributed by atoms with E-state index >= 15 is 0 Å². The van der Waals surface area contributed by atoms with Crippen LogP contribution < -0.4 is 4.90 Å². The van der Waals surface area contributed by atoms with E-state index in [2.05, 4.69) is 15.1 Å². The molecule has 0 aliphatic heterocycles. The van der Waals surface area contributed by atoms with Crippen molar-refractivity contribution in [3.63, 3.8) is 0 Å². The Balaban J connectivity index is 1.52. The summed E-state index contributed by atoms with van der Waals surface area (Å²) in [6.07, 6.45) is 3.58. The summed E-state index contributed by atoms with van der Waals surface area (Å²) in [6.45, 7) is 0.263. The average Bonchev–Trinajstić information content (AvgIpc) is 3.51. The van der Waals surface area contributed by atoms with Crippen LogP contribution >= 0.6 is 22.7 Å². The molecule has 0 spiro atoms. The van der Waals surface area contributed by atoms with Crippen LogP contribution in [-0.4, -0.2) is 25.7 Å². The van der Waals surface area contributed by atoms with Crippen LogP contribution in [0.5, 0.6) is 0 Å². The van der Waals surface area contributed by atoms with E-state index in [4.69, 9.17) is 0 Å². The number of hydrogen-bond donors (Lipinski definition) is 0. The monoisotopic (exact) mass is 449 g/mol. The number of thiazole rings is 2. The number of carbonyl (C=O) groups excluding carboxylic acids is 1. The van der Waals surface area contributed by atoms with Gasteiger partial charge in [-0.15, -0.1) is 11.3 Å². The van der Waals surface area contributed by atoms with Crippen molar-refractivity contribution in [3.8, 4) is 10.6 Å². The SMILES string of the molecule is Cn1cc(-c2nc(C(=O)N(Cc3ccc(F)cc3)c3nc4ccccc4s3)cs2)cn1. The summed E-state index contributed by atoms with van der Waals surface area (Å²) < 4.78 is 16.1. The van der Waals surface area contributed by atoms with E-state index in [0.29, 0.717) is 10.8 Å². The maximum absolute atomic E-state index is 13.5. The molecule has 1 amide bonds. The van der Waals surface area contributed by atoms with E-state index < -0.39 is 0 Å². The highest BCUT2D eigenvalue weighted by atomic mass is 32.1. The first-order valence-corrected chi connectivity index (χ1v) is 11.1. The first-order valence-electron chi connectivity index (χ1n) is 9.43. The van der Waals surface area contributed by atoms with Crippen LogP contribution in [0.25, 0.3) is 20.8 Å². The number of aromatic nitrogens is 4. The fourth-order valence-electron chi connectivity index (χ4n) is 3.15. The molecule has 9 heteroatoms. The van der Waals surface area contributed by atoms with Crippen LogP contribution in [-0.2, 0) is 13.6 Å². The Bertz CT molecular complexity index is 1340. The second-order valence-electron chi connectivity index (χ2n) is 6.92. The molecule has 0 saturated carbocycles. The van der Waals surface area contributed by atoms with Crippen LogP contribution in [0.1, 0.15) is 16.1 Å². The number of aryl methyl sites for hydroxylation is 1. The van der Waals surface area contributed by atoms with E-state index in [9.17, 15) is 9.18 Å². The van der Waals surface area contributed by atoms with Crippen LogP contribution in [0, 0.1) is 5.82 Å². The van der Waals surface area contributed by atoms with Gasteiger partial charge in [0.25, 0.3) is 5.91 Å². The van der Waals surface area contributed by atoms with Gasteiger partial charge in [-0.3, -0.25) is 14.4 Å². The molecule has 0 radical (unpaired) electrons. The van der Waals surface area contributed by atoms with E-state index in [1.165, 1.54) is 34.8 Å². The largest absolute Gasteiger partial charge is 0.279 e. The van der Waals surface area contributed by atoms with Gasteiger partial charge in [0.15, 0.2) is 5.13 Å². The smallest absolute Gasteiger partial charge is 0.278 e. The highest BCUT2D eigenvalue weighted by molar-refractivity contribution is 7.22. The van der Waals surface area contributed by atoms with Gasteiger partial charge in [-0.1, -0.05) is 35.6 Å². The van der Waals surface area contributed by atoms with Gasteiger partial charge in [0, 0.05) is 24.2 Å². The van der Waals surface area contributed by atoms with Crippen molar-refractivity contribution >= 4 is 43.9 Å². The lowest BCUT2D eigenvalue weighted by Crippen LogP contribution is -2.30. The Hall–Kier alpha value is -3.43. The lowest BCUT2D eigenvalue weighted by Gasteiger charge is -2.19. The molecule has 0 atom stereocenters. The van der Waals surface area contributed by atoms with Gasteiger partial charge in [-0.25, -0.2) is 14.4 Å². The summed E-state index contributed by atoms with van der Waals surface area (Å²) in [5.41, 5.74) is 2.83. The zero-order valence-corrected chi connectivity index (χ0v) is 18.0. The number of halogens is 1. The van der Waals surface area contributed by atoms with Crippen molar-refractivity contribution in [2.75, 3.05) is 4.90 Å². The highest BCUT2D eigenvalue weighted by Crippen LogP contribution is 2.31. The number of fused-ring (bicyclic) bond motifs is 1. The summed E-state index contributed by atoms with van der Waals surface area (Å²) in [7, 11) is 1.83. The maximum atomic E-state index is 13.5. The zero-order chi connectivity index (χ0) is 21.4. The third-order valence-electron chi connectivity index (χ3n) is 4.69. The number of para-hydroxylation sites is 1. The molecule has 6 nitrogen and oxygen atoms in total. The van der Waals surface area contributed by atoms with Crippen molar-refractivity contribution < 1.29 is 9.18 Å². The fourth-order valence-corrected chi connectivity index (χ4v) is 4.88. The van der Waals surface area contributed by atoms with Crippen LogP contribution in [0.2, 0.25) is 0 Å². The molecule has 31 heavy (non-hydrogen) atoms. The Kier molecular flexibility index (Phi) is 5.05. The molecular formula is C22H16FN5OS2. The number of carbonyl (C=O) groups is 1. The van der Waals surface area contributed by atoms with Crippen molar-refractivity contribution in [3.05, 3.63) is 83.4 Å². The van der Waals surface area contributed by atoms with Gasteiger partial charge in [-0.05, 0) is 29.8 Å². The minimum absolute atomic E-state index is 0.255. The molecule has 5 rings (SSSR count). The van der Waals surface area contributed by atoms with Gasteiger partial charge in [-0.2, -0.15) is 5.10 Å². The van der Waals surface area contributed by atoms with Crippen LogP contribution in [0.4, 0.5) is 9.52 Å². The molecule has 2 aromatic carbocycles. The lowest BCUT2D eigenvalue weighted by molar-refractivity contribution is 0.0981. The van der Waals surface area contributed by atoms with Crippen LogP contribution in [0.3, 0.4) is 0 Å². The third-order valence-corrected chi connectivity index (χ3v) is 6.64. The normalized spacial score (nSPS) is 11.2. The molecule has 0 bridgehead atoms. The molecule has 0 aliphatic rings.